The first-order chi connectivity index (χ1) is 7.62. The molecule has 1 N–H and O–H groups in total. The average molecular weight is 223 g/mol. The molecule has 2 nitrogen and oxygen atoms in total. The third-order valence-corrected chi connectivity index (χ3v) is 5.51. The molecule has 0 bridgehead atoms. The molecule has 0 radical (unpaired) electrons. The Balaban J connectivity index is 2.38. The Labute approximate surface area is 99.2 Å². The van der Waals surface area contributed by atoms with E-state index < -0.39 is 0 Å². The summed E-state index contributed by atoms with van der Waals surface area (Å²) in [5.74, 6) is 0.492. The SMILES string of the molecule is CCC1(CC)C(C)C(=O)NC12CCCCC2. The van der Waals surface area contributed by atoms with E-state index in [2.05, 4.69) is 26.1 Å². The molecule has 1 amide bonds. The zero-order valence-electron chi connectivity index (χ0n) is 10.9. The molecule has 2 fully saturated rings. The van der Waals surface area contributed by atoms with E-state index in [-0.39, 0.29) is 16.9 Å². The molecule has 16 heavy (non-hydrogen) atoms. The highest BCUT2D eigenvalue weighted by Crippen LogP contribution is 2.55. The van der Waals surface area contributed by atoms with Gasteiger partial charge in [-0.05, 0) is 25.7 Å². The van der Waals surface area contributed by atoms with E-state index >= 15 is 0 Å². The van der Waals surface area contributed by atoms with Gasteiger partial charge in [-0.1, -0.05) is 40.0 Å². The molecule has 1 atom stereocenters. The highest BCUT2D eigenvalue weighted by Gasteiger charge is 2.59. The van der Waals surface area contributed by atoms with Gasteiger partial charge in [0.2, 0.25) is 5.91 Å². The number of hydrogen-bond donors (Lipinski definition) is 1. The average Bonchev–Trinajstić information content (AvgIpc) is 2.50. The minimum Gasteiger partial charge on any atom is -0.350 e. The molecule has 0 aromatic rings. The van der Waals surface area contributed by atoms with Crippen LogP contribution in [0.3, 0.4) is 0 Å². The zero-order valence-corrected chi connectivity index (χ0v) is 10.9. The van der Waals surface area contributed by atoms with Crippen molar-refractivity contribution in [3.63, 3.8) is 0 Å². The van der Waals surface area contributed by atoms with E-state index in [1.54, 1.807) is 0 Å². The zero-order chi connectivity index (χ0) is 11.8. The van der Waals surface area contributed by atoms with Crippen LogP contribution in [0.5, 0.6) is 0 Å². The smallest absolute Gasteiger partial charge is 0.223 e. The number of hydrogen-bond acceptors (Lipinski definition) is 1. The highest BCUT2D eigenvalue weighted by atomic mass is 16.2. The lowest BCUT2D eigenvalue weighted by molar-refractivity contribution is -0.123. The molecular weight excluding hydrogens is 198 g/mol. The molecule has 2 rings (SSSR count). The van der Waals surface area contributed by atoms with Crippen molar-refractivity contribution in [2.45, 2.75) is 71.3 Å². The van der Waals surface area contributed by atoms with Crippen molar-refractivity contribution in [1.82, 2.24) is 5.32 Å². The molecule has 1 spiro atoms. The molecule has 0 aromatic carbocycles. The minimum atomic E-state index is 0.130. The van der Waals surface area contributed by atoms with Crippen LogP contribution in [0.15, 0.2) is 0 Å². The molecule has 92 valence electrons. The summed E-state index contributed by atoms with van der Waals surface area (Å²) in [6.07, 6.45) is 8.57. The fourth-order valence-corrected chi connectivity index (χ4v) is 4.45. The summed E-state index contributed by atoms with van der Waals surface area (Å²) in [4.78, 5) is 12.1. The van der Waals surface area contributed by atoms with Gasteiger partial charge in [0, 0.05) is 16.9 Å². The normalized spacial score (nSPS) is 31.7. The third-order valence-electron chi connectivity index (χ3n) is 5.51. The van der Waals surface area contributed by atoms with E-state index in [1.165, 1.54) is 32.1 Å². The molecule has 1 heterocycles. The van der Waals surface area contributed by atoms with Crippen molar-refractivity contribution < 1.29 is 4.79 Å². The van der Waals surface area contributed by atoms with Crippen LogP contribution in [0.1, 0.15) is 65.7 Å². The van der Waals surface area contributed by atoms with Crippen LogP contribution in [-0.4, -0.2) is 11.4 Å². The molecule has 1 saturated heterocycles. The van der Waals surface area contributed by atoms with Crippen molar-refractivity contribution >= 4 is 5.91 Å². The van der Waals surface area contributed by atoms with Crippen LogP contribution in [0, 0.1) is 11.3 Å². The Morgan fingerprint density at radius 1 is 1.19 bits per heavy atom. The Morgan fingerprint density at radius 2 is 1.75 bits per heavy atom. The van der Waals surface area contributed by atoms with Gasteiger partial charge in [0.15, 0.2) is 0 Å². The van der Waals surface area contributed by atoms with Gasteiger partial charge in [-0.15, -0.1) is 0 Å². The number of carbonyl (C=O) groups is 1. The Morgan fingerprint density at radius 3 is 2.25 bits per heavy atom. The highest BCUT2D eigenvalue weighted by molar-refractivity contribution is 5.83. The summed E-state index contributed by atoms with van der Waals surface area (Å²) in [6, 6.07) is 0. The molecule has 2 aliphatic rings. The van der Waals surface area contributed by atoms with E-state index in [9.17, 15) is 4.79 Å². The maximum absolute atomic E-state index is 12.1. The maximum Gasteiger partial charge on any atom is 0.223 e. The lowest BCUT2D eigenvalue weighted by atomic mass is 9.58. The van der Waals surface area contributed by atoms with Crippen LogP contribution >= 0.6 is 0 Å². The maximum atomic E-state index is 12.1. The van der Waals surface area contributed by atoms with Gasteiger partial charge in [-0.3, -0.25) is 4.79 Å². The third kappa shape index (κ3) is 1.34. The van der Waals surface area contributed by atoms with E-state index in [0.717, 1.165) is 12.8 Å². The second-order valence-corrected chi connectivity index (χ2v) is 5.72. The van der Waals surface area contributed by atoms with Gasteiger partial charge in [-0.2, -0.15) is 0 Å². The van der Waals surface area contributed by atoms with Gasteiger partial charge in [-0.25, -0.2) is 0 Å². The van der Waals surface area contributed by atoms with Crippen molar-refractivity contribution in [3.05, 3.63) is 0 Å². The van der Waals surface area contributed by atoms with Crippen LogP contribution < -0.4 is 5.32 Å². The first-order valence-electron chi connectivity index (χ1n) is 6.94. The molecule has 0 aromatic heterocycles. The molecule has 1 aliphatic carbocycles. The van der Waals surface area contributed by atoms with Crippen molar-refractivity contribution in [2.75, 3.05) is 0 Å². The van der Waals surface area contributed by atoms with Crippen LogP contribution in [-0.2, 0) is 4.79 Å². The fourth-order valence-electron chi connectivity index (χ4n) is 4.45. The van der Waals surface area contributed by atoms with E-state index in [4.69, 9.17) is 0 Å². The number of amides is 1. The number of nitrogens with one attached hydrogen (secondary N) is 1. The van der Waals surface area contributed by atoms with Crippen molar-refractivity contribution in [1.29, 1.82) is 0 Å². The molecule has 1 unspecified atom stereocenters. The van der Waals surface area contributed by atoms with Crippen LogP contribution in [0.25, 0.3) is 0 Å². The Bertz CT molecular complexity index is 274. The van der Waals surface area contributed by atoms with Gasteiger partial charge < -0.3 is 5.32 Å². The van der Waals surface area contributed by atoms with Gasteiger partial charge in [0.1, 0.15) is 0 Å². The second kappa shape index (κ2) is 4.05. The molecule has 1 saturated carbocycles. The summed E-state index contributed by atoms with van der Waals surface area (Å²) in [5, 5.41) is 3.37. The summed E-state index contributed by atoms with van der Waals surface area (Å²) < 4.78 is 0. The summed E-state index contributed by atoms with van der Waals surface area (Å²) in [6.45, 7) is 6.65. The first kappa shape index (κ1) is 11.9. The quantitative estimate of drug-likeness (QED) is 0.765. The predicted octanol–water partition coefficient (Wildman–Crippen LogP) is 3.26. The summed E-state index contributed by atoms with van der Waals surface area (Å²) >= 11 is 0. The lowest BCUT2D eigenvalue weighted by Gasteiger charge is -2.48. The molecular formula is C14H25NO. The van der Waals surface area contributed by atoms with Crippen LogP contribution in [0.2, 0.25) is 0 Å². The van der Waals surface area contributed by atoms with Crippen LogP contribution in [0.4, 0.5) is 0 Å². The summed E-state index contributed by atoms with van der Waals surface area (Å²) in [7, 11) is 0. The lowest BCUT2D eigenvalue weighted by Crippen LogP contribution is -2.54. The van der Waals surface area contributed by atoms with Crippen molar-refractivity contribution in [2.24, 2.45) is 11.3 Å². The van der Waals surface area contributed by atoms with Crippen molar-refractivity contribution in [3.8, 4) is 0 Å². The molecule has 1 aliphatic heterocycles. The standard InChI is InChI=1S/C14H25NO/c1-4-13(5-2)11(3)12(16)15-14(13)9-7-6-8-10-14/h11H,4-10H2,1-3H3,(H,15,16). The second-order valence-electron chi connectivity index (χ2n) is 5.72. The molecule has 2 heteroatoms. The largest absolute Gasteiger partial charge is 0.350 e. The van der Waals surface area contributed by atoms with E-state index in [1.807, 2.05) is 0 Å². The van der Waals surface area contributed by atoms with E-state index in [0.29, 0.717) is 5.91 Å². The monoisotopic (exact) mass is 223 g/mol. The van der Waals surface area contributed by atoms with Gasteiger partial charge in [0.25, 0.3) is 0 Å². The summed E-state index contributed by atoms with van der Waals surface area (Å²) in [5.41, 5.74) is 0.343. The first-order valence-corrected chi connectivity index (χ1v) is 6.94. The Hall–Kier alpha value is -0.530. The topological polar surface area (TPSA) is 29.1 Å². The predicted molar refractivity (Wildman–Crippen MR) is 66.1 cm³/mol. The van der Waals surface area contributed by atoms with Gasteiger partial charge >= 0.3 is 0 Å². The minimum absolute atomic E-state index is 0.130. The number of carbonyl (C=O) groups excluding carboxylic acids is 1. The fraction of sp³-hybridized carbons (Fsp3) is 0.929. The van der Waals surface area contributed by atoms with Gasteiger partial charge in [0.05, 0.1) is 0 Å². The number of rotatable bonds is 2. The Kier molecular flexibility index (Phi) is 3.02.